The Kier molecular flexibility index (Phi) is 1.69. The summed E-state index contributed by atoms with van der Waals surface area (Å²) in [7, 11) is 0. The van der Waals surface area contributed by atoms with Gasteiger partial charge in [-0.25, -0.2) is 0 Å². The zero-order chi connectivity index (χ0) is 9.10. The number of nitriles is 1. The molecule has 1 aromatic carbocycles. The minimum absolute atomic E-state index is 0.594. The van der Waals surface area contributed by atoms with Crippen molar-refractivity contribution in [3.05, 3.63) is 29.8 Å². The van der Waals surface area contributed by atoms with Crippen molar-refractivity contribution in [3.8, 4) is 11.8 Å². The number of hydrogen-bond acceptors (Lipinski definition) is 5. The Balaban J connectivity index is 2.40. The molecule has 0 bridgehead atoms. The maximum Gasteiger partial charge on any atom is 0.0991 e. The molecule has 0 spiro atoms. The average Bonchev–Trinajstić information content (AvgIpc) is 2.71. The van der Waals surface area contributed by atoms with Crippen molar-refractivity contribution in [2.24, 2.45) is 0 Å². The molecule has 0 atom stereocenters. The predicted octanol–water partition coefficient (Wildman–Crippen LogP) is -0.0710. The fourth-order valence-electron chi connectivity index (χ4n) is 0.902. The summed E-state index contributed by atoms with van der Waals surface area (Å²) in [5.74, 6) is 0. The molecule has 0 aliphatic carbocycles. The predicted molar refractivity (Wildman–Crippen MR) is 41.7 cm³/mol. The Morgan fingerprint density at radius 1 is 1.08 bits per heavy atom. The molecule has 0 saturated heterocycles. The van der Waals surface area contributed by atoms with Gasteiger partial charge >= 0.3 is 0 Å². The van der Waals surface area contributed by atoms with Gasteiger partial charge in [0.05, 0.1) is 17.3 Å². The highest BCUT2D eigenvalue weighted by Crippen LogP contribution is 2.04. The normalized spacial score (nSPS) is 9.46. The van der Waals surface area contributed by atoms with E-state index in [0.29, 0.717) is 5.56 Å². The average molecular weight is 172 g/mol. The monoisotopic (exact) mass is 172 g/mol. The van der Waals surface area contributed by atoms with Crippen LogP contribution in [0.4, 0.5) is 0 Å². The van der Waals surface area contributed by atoms with Crippen molar-refractivity contribution in [1.82, 2.24) is 25.7 Å². The Labute approximate surface area is 73.4 Å². The lowest BCUT2D eigenvalue weighted by Crippen LogP contribution is -1.98. The summed E-state index contributed by atoms with van der Waals surface area (Å²) < 4.78 is 0. The molecule has 6 heteroatoms. The van der Waals surface area contributed by atoms with Crippen LogP contribution in [-0.4, -0.2) is 25.7 Å². The molecule has 13 heavy (non-hydrogen) atoms. The van der Waals surface area contributed by atoms with Crippen molar-refractivity contribution in [3.63, 3.8) is 0 Å². The summed E-state index contributed by atoms with van der Waals surface area (Å²) >= 11 is 0. The van der Waals surface area contributed by atoms with Gasteiger partial charge in [0.1, 0.15) is 0 Å². The minimum atomic E-state index is 0.594. The highest BCUT2D eigenvalue weighted by Gasteiger charge is 1.98. The molecule has 0 aliphatic heterocycles. The van der Waals surface area contributed by atoms with Gasteiger partial charge in [-0.2, -0.15) is 5.26 Å². The number of nitrogens with zero attached hydrogens (tertiary/aromatic N) is 6. The van der Waals surface area contributed by atoms with E-state index in [2.05, 4.69) is 20.9 Å². The highest BCUT2D eigenvalue weighted by molar-refractivity contribution is 5.37. The third-order valence-corrected chi connectivity index (χ3v) is 1.52. The van der Waals surface area contributed by atoms with E-state index in [0.717, 1.165) is 5.69 Å². The number of rotatable bonds is 1. The van der Waals surface area contributed by atoms with Crippen LogP contribution in [0, 0.1) is 11.3 Å². The van der Waals surface area contributed by atoms with Gasteiger partial charge in [0.2, 0.25) is 0 Å². The first kappa shape index (κ1) is 7.36. The van der Waals surface area contributed by atoms with Crippen molar-refractivity contribution in [1.29, 1.82) is 5.26 Å². The molecule has 6 nitrogen and oxygen atoms in total. The minimum Gasteiger partial charge on any atom is -0.192 e. The molecular weight excluding hydrogens is 168 g/mol. The van der Waals surface area contributed by atoms with Gasteiger partial charge in [0.25, 0.3) is 0 Å². The van der Waals surface area contributed by atoms with E-state index in [9.17, 15) is 0 Å². The van der Waals surface area contributed by atoms with Gasteiger partial charge in [0.15, 0.2) is 0 Å². The van der Waals surface area contributed by atoms with Crippen molar-refractivity contribution in [2.75, 3.05) is 0 Å². The Morgan fingerprint density at radius 2 is 1.69 bits per heavy atom. The third-order valence-electron chi connectivity index (χ3n) is 1.52. The van der Waals surface area contributed by atoms with Gasteiger partial charge in [-0.05, 0) is 45.1 Å². The third kappa shape index (κ3) is 1.35. The van der Waals surface area contributed by atoms with Crippen LogP contribution >= 0.6 is 0 Å². The molecule has 2 rings (SSSR count). The molecule has 2 aromatic rings. The first-order chi connectivity index (χ1) is 6.40. The second-order valence-corrected chi connectivity index (χ2v) is 2.31. The van der Waals surface area contributed by atoms with Crippen LogP contribution in [0.15, 0.2) is 24.3 Å². The second-order valence-electron chi connectivity index (χ2n) is 2.31. The SMILES string of the molecule is N#Cc1ccc(-n2nnnn2)cc1. The first-order valence-corrected chi connectivity index (χ1v) is 3.52. The fourth-order valence-corrected chi connectivity index (χ4v) is 0.902. The Hall–Kier alpha value is -2.29. The highest BCUT2D eigenvalue weighted by atomic mass is 15.7. The van der Waals surface area contributed by atoms with Gasteiger partial charge in [-0.3, -0.25) is 0 Å². The second kappa shape index (κ2) is 2.98. The summed E-state index contributed by atoms with van der Waals surface area (Å²) in [5.41, 5.74) is 1.32. The summed E-state index contributed by atoms with van der Waals surface area (Å²) in [4.78, 5) is 1.28. The Morgan fingerprint density at radius 3 is 2.23 bits per heavy atom. The smallest absolute Gasteiger partial charge is 0.0991 e. The molecule has 0 saturated carbocycles. The maximum atomic E-state index is 8.55. The topological polar surface area (TPSA) is 80.3 Å². The van der Waals surface area contributed by atoms with Crippen LogP contribution in [-0.2, 0) is 0 Å². The van der Waals surface area contributed by atoms with E-state index >= 15 is 0 Å². The van der Waals surface area contributed by atoms with Crippen LogP contribution < -0.4 is 0 Å². The van der Waals surface area contributed by atoms with E-state index in [1.54, 1.807) is 24.3 Å². The van der Waals surface area contributed by atoms with Crippen molar-refractivity contribution < 1.29 is 0 Å². The van der Waals surface area contributed by atoms with Gasteiger partial charge in [-0.15, -0.1) is 4.80 Å². The van der Waals surface area contributed by atoms with E-state index in [1.165, 1.54) is 4.80 Å². The van der Waals surface area contributed by atoms with E-state index in [-0.39, 0.29) is 0 Å². The molecule has 0 amide bonds. The summed E-state index contributed by atoms with van der Waals surface area (Å²) in [6, 6.07) is 8.82. The number of aromatic nitrogens is 5. The molecule has 1 heterocycles. The zero-order valence-electron chi connectivity index (χ0n) is 6.49. The van der Waals surface area contributed by atoms with Crippen LogP contribution in [0.2, 0.25) is 0 Å². The lowest BCUT2D eigenvalue weighted by atomic mass is 10.2. The van der Waals surface area contributed by atoms with E-state index < -0.39 is 0 Å². The standard InChI is InChI=1S/C7H4N6/c8-5-6-1-3-7(4-2-6)13-11-9-10-12-13/h1-4H. The molecule has 1 aromatic heterocycles. The van der Waals surface area contributed by atoms with Crippen LogP contribution in [0.1, 0.15) is 5.56 Å². The zero-order valence-corrected chi connectivity index (χ0v) is 6.49. The van der Waals surface area contributed by atoms with Crippen LogP contribution in [0.5, 0.6) is 0 Å². The molecule has 0 radical (unpaired) electrons. The number of hydrogen-bond donors (Lipinski definition) is 0. The molecular formula is C7H4N6. The summed E-state index contributed by atoms with van der Waals surface area (Å²) in [6.07, 6.45) is 0. The fraction of sp³-hybridized carbons (Fsp3) is 0. The maximum absolute atomic E-state index is 8.55. The van der Waals surface area contributed by atoms with Crippen LogP contribution in [0.3, 0.4) is 0 Å². The number of benzene rings is 1. The van der Waals surface area contributed by atoms with Gasteiger partial charge < -0.3 is 0 Å². The van der Waals surface area contributed by atoms with Crippen molar-refractivity contribution in [2.45, 2.75) is 0 Å². The van der Waals surface area contributed by atoms with Gasteiger partial charge in [0, 0.05) is 0 Å². The lowest BCUT2D eigenvalue weighted by molar-refractivity contribution is 0.712. The van der Waals surface area contributed by atoms with Gasteiger partial charge in [-0.1, -0.05) is 0 Å². The van der Waals surface area contributed by atoms with E-state index in [1.807, 2.05) is 6.07 Å². The largest absolute Gasteiger partial charge is 0.192 e. The van der Waals surface area contributed by atoms with E-state index in [4.69, 9.17) is 5.26 Å². The molecule has 0 fully saturated rings. The Bertz CT molecular complexity index is 423. The quantitative estimate of drug-likeness (QED) is 0.601. The molecule has 0 unspecified atom stereocenters. The summed E-state index contributed by atoms with van der Waals surface area (Å²) in [6.45, 7) is 0. The molecule has 0 N–H and O–H groups in total. The first-order valence-electron chi connectivity index (χ1n) is 3.52. The summed E-state index contributed by atoms with van der Waals surface area (Å²) in [5, 5.41) is 22.4. The van der Waals surface area contributed by atoms with Crippen LogP contribution in [0.25, 0.3) is 5.69 Å². The molecule has 62 valence electrons. The molecule has 0 aliphatic rings. The lowest BCUT2D eigenvalue weighted by Gasteiger charge is -1.94. The van der Waals surface area contributed by atoms with Crippen molar-refractivity contribution >= 4 is 0 Å².